The smallest absolute Gasteiger partial charge is 0.239 e. The maximum absolute atomic E-state index is 14.6. The van der Waals surface area contributed by atoms with Crippen molar-refractivity contribution in [1.82, 2.24) is 29.7 Å². The summed E-state index contributed by atoms with van der Waals surface area (Å²) in [7, 11) is 0. The van der Waals surface area contributed by atoms with Crippen molar-refractivity contribution in [2.75, 3.05) is 11.3 Å². The van der Waals surface area contributed by atoms with E-state index in [4.69, 9.17) is 4.74 Å². The fourth-order valence-electron chi connectivity index (χ4n) is 3.29. The summed E-state index contributed by atoms with van der Waals surface area (Å²) in [4.78, 5) is 12.4. The summed E-state index contributed by atoms with van der Waals surface area (Å²) in [5.41, 5.74) is 0.710. The monoisotopic (exact) mass is 447 g/mol. The van der Waals surface area contributed by atoms with Gasteiger partial charge in [0.25, 0.3) is 0 Å². The third kappa shape index (κ3) is 4.52. The molecule has 4 rings (SSSR count). The average Bonchev–Trinajstić information content (AvgIpc) is 3.42. The van der Waals surface area contributed by atoms with Gasteiger partial charge in [-0.05, 0) is 37.3 Å². The number of ether oxygens (including phenoxy) is 1. The molecule has 4 heterocycles. The molecule has 0 aliphatic carbocycles. The molecule has 0 saturated carbocycles. The van der Waals surface area contributed by atoms with Crippen LogP contribution >= 0.6 is 11.9 Å². The molecule has 1 N–H and O–H groups in total. The molecule has 0 amide bonds. The van der Waals surface area contributed by atoms with Crippen LogP contribution in [0.1, 0.15) is 55.9 Å². The van der Waals surface area contributed by atoms with E-state index in [1.807, 2.05) is 20.8 Å². The molecule has 3 aromatic heterocycles. The van der Waals surface area contributed by atoms with Crippen molar-refractivity contribution in [2.45, 2.75) is 50.9 Å². The summed E-state index contributed by atoms with van der Waals surface area (Å²) in [6.45, 7) is 6.54. The normalized spacial score (nSPS) is 18.2. The summed E-state index contributed by atoms with van der Waals surface area (Å²) in [6.07, 6.45) is 6.67. The van der Waals surface area contributed by atoms with Gasteiger partial charge in [-0.15, -0.1) is 10.2 Å². The van der Waals surface area contributed by atoms with E-state index < -0.39 is 11.6 Å². The number of halogens is 2. The first-order valence-corrected chi connectivity index (χ1v) is 10.9. The van der Waals surface area contributed by atoms with Crippen LogP contribution in [0.25, 0.3) is 5.69 Å². The van der Waals surface area contributed by atoms with E-state index >= 15 is 0 Å². The number of hydrogen-bond acceptors (Lipinski definition) is 8. The molecular weight excluding hydrogens is 424 g/mol. The van der Waals surface area contributed by atoms with Crippen LogP contribution < -0.4 is 4.72 Å². The van der Waals surface area contributed by atoms with Gasteiger partial charge in [0, 0.05) is 30.2 Å². The van der Waals surface area contributed by atoms with Gasteiger partial charge in [-0.2, -0.15) is 0 Å². The average molecular weight is 448 g/mol. The zero-order chi connectivity index (χ0) is 22.0. The Hall–Kier alpha value is -2.66. The van der Waals surface area contributed by atoms with Crippen LogP contribution in [0.3, 0.4) is 0 Å². The first kappa shape index (κ1) is 21.6. The lowest BCUT2D eigenvalue weighted by Crippen LogP contribution is -2.16. The first-order chi connectivity index (χ1) is 15.0. The van der Waals surface area contributed by atoms with Crippen LogP contribution in [0, 0.1) is 18.6 Å². The Morgan fingerprint density at radius 3 is 2.48 bits per heavy atom. The number of hydrogen-bond donors (Lipinski definition) is 1. The maximum Gasteiger partial charge on any atom is 0.239 e. The van der Waals surface area contributed by atoms with E-state index in [1.54, 1.807) is 12.4 Å². The van der Waals surface area contributed by atoms with Crippen molar-refractivity contribution in [1.29, 1.82) is 0 Å². The van der Waals surface area contributed by atoms with Crippen LogP contribution in [-0.2, 0) is 4.74 Å². The van der Waals surface area contributed by atoms with E-state index in [1.165, 1.54) is 16.5 Å². The Kier molecular flexibility index (Phi) is 6.42. The predicted octanol–water partition coefficient (Wildman–Crippen LogP) is 4.14. The third-order valence-electron chi connectivity index (χ3n) is 5.21. The van der Waals surface area contributed by atoms with Crippen molar-refractivity contribution in [3.63, 3.8) is 0 Å². The largest absolute Gasteiger partial charge is 0.370 e. The van der Waals surface area contributed by atoms with Gasteiger partial charge in [-0.25, -0.2) is 18.7 Å². The summed E-state index contributed by atoms with van der Waals surface area (Å²) < 4.78 is 39.3. The molecule has 8 nitrogen and oxygen atoms in total. The Bertz CT molecular complexity index is 1020. The standard InChI is InChI=1S/C20H23F2N7OS/c1-11-7-24-18(25-8-11)12(2)13(3)31-28-20-27-26-19(16-5-4-6-30-16)29(20)17-14(21)9-23-10-15(17)22/h7-10,12-13,16H,4-6H2,1-3H3,(H,27,28). The number of rotatable bonds is 7. The molecule has 0 spiro atoms. The lowest BCUT2D eigenvalue weighted by molar-refractivity contribution is 0.103. The second kappa shape index (κ2) is 9.23. The Morgan fingerprint density at radius 2 is 1.84 bits per heavy atom. The van der Waals surface area contributed by atoms with Crippen LogP contribution in [0.5, 0.6) is 0 Å². The minimum absolute atomic E-state index is 0.0292. The Morgan fingerprint density at radius 1 is 1.13 bits per heavy atom. The lowest BCUT2D eigenvalue weighted by Gasteiger charge is -2.19. The summed E-state index contributed by atoms with van der Waals surface area (Å²) in [6, 6.07) is 0. The van der Waals surface area contributed by atoms with Gasteiger partial charge in [0.1, 0.15) is 17.6 Å². The van der Waals surface area contributed by atoms with E-state index in [-0.39, 0.29) is 28.9 Å². The van der Waals surface area contributed by atoms with E-state index in [9.17, 15) is 8.78 Å². The topological polar surface area (TPSA) is 90.6 Å². The Labute approximate surface area is 183 Å². The molecule has 3 aromatic rings. The van der Waals surface area contributed by atoms with Crippen LogP contribution in [0.15, 0.2) is 24.8 Å². The Balaban J connectivity index is 1.60. The van der Waals surface area contributed by atoms with Gasteiger partial charge in [0.2, 0.25) is 5.95 Å². The van der Waals surface area contributed by atoms with Crippen molar-refractivity contribution < 1.29 is 13.5 Å². The number of anilines is 1. The fourth-order valence-corrected chi connectivity index (χ4v) is 4.04. The minimum Gasteiger partial charge on any atom is -0.370 e. The van der Waals surface area contributed by atoms with Gasteiger partial charge in [-0.3, -0.25) is 14.3 Å². The summed E-state index contributed by atoms with van der Waals surface area (Å²) >= 11 is 1.36. The van der Waals surface area contributed by atoms with Crippen molar-refractivity contribution in [3.8, 4) is 5.69 Å². The molecule has 11 heteroatoms. The lowest BCUT2D eigenvalue weighted by atomic mass is 10.1. The second-order valence-corrected chi connectivity index (χ2v) is 8.69. The zero-order valence-corrected chi connectivity index (χ0v) is 18.2. The predicted molar refractivity (Wildman–Crippen MR) is 113 cm³/mol. The van der Waals surface area contributed by atoms with Crippen LogP contribution in [0.2, 0.25) is 0 Å². The van der Waals surface area contributed by atoms with Crippen molar-refractivity contribution >= 4 is 17.9 Å². The van der Waals surface area contributed by atoms with Gasteiger partial charge < -0.3 is 4.74 Å². The second-order valence-electron chi connectivity index (χ2n) is 7.50. The van der Waals surface area contributed by atoms with Crippen LogP contribution in [0.4, 0.5) is 14.7 Å². The molecule has 1 saturated heterocycles. The molecule has 1 fully saturated rings. The third-order valence-corrected chi connectivity index (χ3v) is 6.29. The van der Waals surface area contributed by atoms with Gasteiger partial charge in [0.15, 0.2) is 17.5 Å². The molecule has 31 heavy (non-hydrogen) atoms. The quantitative estimate of drug-likeness (QED) is 0.541. The maximum atomic E-state index is 14.6. The molecule has 0 bridgehead atoms. The highest BCUT2D eigenvalue weighted by molar-refractivity contribution is 8.01. The fraction of sp³-hybridized carbons (Fsp3) is 0.450. The first-order valence-electron chi connectivity index (χ1n) is 10.0. The van der Waals surface area contributed by atoms with Gasteiger partial charge in [-0.1, -0.05) is 13.8 Å². The molecular formula is C20H23F2N7OS. The highest BCUT2D eigenvalue weighted by Gasteiger charge is 2.29. The number of aromatic nitrogens is 6. The zero-order valence-electron chi connectivity index (χ0n) is 17.4. The highest BCUT2D eigenvalue weighted by Crippen LogP contribution is 2.34. The molecule has 0 radical (unpaired) electrons. The molecule has 1 aliphatic rings. The summed E-state index contributed by atoms with van der Waals surface area (Å²) in [5, 5.41) is 8.37. The van der Waals surface area contributed by atoms with Crippen LogP contribution in [-0.4, -0.2) is 41.6 Å². The SMILES string of the molecule is Cc1cnc(C(C)C(C)SNc2nnc(C3CCCO3)n2-c2c(F)cncc2F)nc1. The van der Waals surface area contributed by atoms with Crippen molar-refractivity contribution in [3.05, 3.63) is 53.6 Å². The number of nitrogens with zero attached hydrogens (tertiary/aromatic N) is 6. The summed E-state index contributed by atoms with van der Waals surface area (Å²) in [5.74, 6) is -0.291. The minimum atomic E-state index is -0.804. The van der Waals surface area contributed by atoms with Crippen molar-refractivity contribution in [2.24, 2.45) is 0 Å². The molecule has 3 unspecified atom stereocenters. The molecule has 1 aliphatic heterocycles. The highest BCUT2D eigenvalue weighted by atomic mass is 32.2. The van der Waals surface area contributed by atoms with Gasteiger partial charge >= 0.3 is 0 Å². The number of nitrogens with one attached hydrogen (secondary N) is 1. The van der Waals surface area contributed by atoms with Gasteiger partial charge in [0.05, 0.1) is 12.4 Å². The van der Waals surface area contributed by atoms with E-state index in [2.05, 4.69) is 29.9 Å². The molecule has 164 valence electrons. The number of aryl methyl sites for hydroxylation is 1. The van der Waals surface area contributed by atoms with E-state index in [0.717, 1.165) is 30.2 Å². The molecule has 3 atom stereocenters. The number of pyridine rings is 1. The molecule has 0 aromatic carbocycles. The van der Waals surface area contributed by atoms with E-state index in [0.29, 0.717) is 18.9 Å².